The second-order valence-electron chi connectivity index (χ2n) is 5.76. The fourth-order valence-electron chi connectivity index (χ4n) is 3.45. The van der Waals surface area contributed by atoms with Gasteiger partial charge in [0.1, 0.15) is 0 Å². The fourth-order valence-corrected chi connectivity index (χ4v) is 3.85. The van der Waals surface area contributed by atoms with Crippen molar-refractivity contribution >= 4 is 28.1 Å². The quantitative estimate of drug-likeness (QED) is 0.805. The number of carbonyl (C=O) groups is 1. The maximum Gasteiger partial charge on any atom is 0.411 e. The number of halogens is 1. The highest BCUT2D eigenvalue weighted by atomic mass is 79.9. The molecule has 2 aliphatic rings. The van der Waals surface area contributed by atoms with Crippen molar-refractivity contribution in [2.24, 2.45) is 5.41 Å². The monoisotopic (exact) mass is 335 g/mol. The molecule has 1 aromatic carbocycles. The third-order valence-electron chi connectivity index (χ3n) is 4.53. The Balaban J connectivity index is 1.97. The van der Waals surface area contributed by atoms with Gasteiger partial charge >= 0.3 is 6.09 Å². The van der Waals surface area contributed by atoms with Crippen molar-refractivity contribution in [3.63, 3.8) is 0 Å². The zero-order chi connectivity index (χ0) is 14.2. The molecule has 1 heterocycles. The number of nitrogens with zero attached hydrogens (tertiary/aromatic N) is 1. The molecule has 1 N–H and O–H groups in total. The number of benzene rings is 1. The summed E-state index contributed by atoms with van der Waals surface area (Å²) in [6.07, 6.45) is 7.14. The van der Waals surface area contributed by atoms with Crippen LogP contribution in [0.2, 0.25) is 0 Å². The summed E-state index contributed by atoms with van der Waals surface area (Å²) >= 11 is 3.54. The molecule has 4 heteroatoms. The standard InChI is InChI=1S/C16H18BrNO2/c17-13-7-3-2-6-12(13)10-14-16(8-4-1-5-9-16)11-18(14)15(19)20/h2-3,6-7,10H,1,4-5,8-9,11H2,(H,19,20). The van der Waals surface area contributed by atoms with Gasteiger partial charge in [-0.25, -0.2) is 4.79 Å². The summed E-state index contributed by atoms with van der Waals surface area (Å²) in [5.74, 6) is 0. The molecule has 3 rings (SSSR count). The van der Waals surface area contributed by atoms with Gasteiger partial charge in [-0.3, -0.25) is 4.90 Å². The average Bonchev–Trinajstić information content (AvgIpc) is 2.45. The largest absolute Gasteiger partial charge is 0.465 e. The third kappa shape index (κ3) is 2.26. The van der Waals surface area contributed by atoms with E-state index in [1.807, 2.05) is 30.3 Å². The van der Waals surface area contributed by atoms with Crippen LogP contribution in [0.4, 0.5) is 4.79 Å². The third-order valence-corrected chi connectivity index (χ3v) is 5.26. The molecule has 1 spiro atoms. The number of amides is 1. The first-order valence-corrected chi connectivity index (χ1v) is 7.89. The SMILES string of the molecule is O=C(O)N1CC2(CCCCC2)C1=Cc1ccccc1Br. The Morgan fingerprint density at radius 1 is 1.25 bits per heavy atom. The molecule has 1 amide bonds. The van der Waals surface area contributed by atoms with Crippen LogP contribution in [0.1, 0.15) is 37.7 Å². The second-order valence-corrected chi connectivity index (χ2v) is 6.62. The van der Waals surface area contributed by atoms with Crippen LogP contribution in [-0.2, 0) is 0 Å². The Bertz CT molecular complexity index is 561. The Morgan fingerprint density at radius 3 is 2.60 bits per heavy atom. The summed E-state index contributed by atoms with van der Waals surface area (Å²) in [7, 11) is 0. The summed E-state index contributed by atoms with van der Waals surface area (Å²) < 4.78 is 1.01. The van der Waals surface area contributed by atoms with Crippen molar-refractivity contribution in [3.05, 3.63) is 40.0 Å². The minimum atomic E-state index is -0.834. The maximum absolute atomic E-state index is 11.4. The number of hydrogen-bond donors (Lipinski definition) is 1. The van der Waals surface area contributed by atoms with Gasteiger partial charge in [-0.05, 0) is 30.5 Å². The molecular weight excluding hydrogens is 318 g/mol. The highest BCUT2D eigenvalue weighted by molar-refractivity contribution is 9.10. The van der Waals surface area contributed by atoms with E-state index < -0.39 is 6.09 Å². The molecule has 1 saturated heterocycles. The number of likely N-dealkylation sites (tertiary alicyclic amines) is 1. The summed E-state index contributed by atoms with van der Waals surface area (Å²) in [4.78, 5) is 12.9. The molecule has 0 atom stereocenters. The van der Waals surface area contributed by atoms with Gasteiger partial charge < -0.3 is 5.11 Å². The minimum Gasteiger partial charge on any atom is -0.465 e. The van der Waals surface area contributed by atoms with Gasteiger partial charge in [-0.1, -0.05) is 53.4 Å². The van der Waals surface area contributed by atoms with E-state index in [1.165, 1.54) is 24.2 Å². The molecular formula is C16H18BrNO2. The molecule has 0 unspecified atom stereocenters. The molecule has 0 radical (unpaired) electrons. The molecule has 0 aromatic heterocycles. The van der Waals surface area contributed by atoms with Gasteiger partial charge in [0.25, 0.3) is 0 Å². The van der Waals surface area contributed by atoms with E-state index in [4.69, 9.17) is 0 Å². The summed E-state index contributed by atoms with van der Waals surface area (Å²) in [6, 6.07) is 7.96. The Kier molecular flexibility index (Phi) is 3.59. The van der Waals surface area contributed by atoms with Crippen LogP contribution in [0.3, 0.4) is 0 Å². The van der Waals surface area contributed by atoms with Gasteiger partial charge in [0.05, 0.1) is 0 Å². The Labute approximate surface area is 127 Å². The Morgan fingerprint density at radius 2 is 1.95 bits per heavy atom. The summed E-state index contributed by atoms with van der Waals surface area (Å²) in [5.41, 5.74) is 2.14. The Hall–Kier alpha value is -1.29. The van der Waals surface area contributed by atoms with Crippen LogP contribution in [-0.4, -0.2) is 22.6 Å². The molecule has 1 aliphatic heterocycles. The molecule has 20 heavy (non-hydrogen) atoms. The van der Waals surface area contributed by atoms with Gasteiger partial charge in [0, 0.05) is 22.1 Å². The van der Waals surface area contributed by atoms with E-state index in [2.05, 4.69) is 15.9 Å². The highest BCUT2D eigenvalue weighted by Gasteiger charge is 2.50. The minimum absolute atomic E-state index is 0.103. The van der Waals surface area contributed by atoms with E-state index >= 15 is 0 Å². The molecule has 0 bridgehead atoms. The van der Waals surface area contributed by atoms with Gasteiger partial charge in [-0.15, -0.1) is 0 Å². The van der Waals surface area contributed by atoms with Crippen molar-refractivity contribution in [2.45, 2.75) is 32.1 Å². The zero-order valence-electron chi connectivity index (χ0n) is 11.3. The van der Waals surface area contributed by atoms with Crippen LogP contribution in [0.5, 0.6) is 0 Å². The lowest BCUT2D eigenvalue weighted by Crippen LogP contribution is -2.56. The molecule has 1 saturated carbocycles. The number of rotatable bonds is 1. The van der Waals surface area contributed by atoms with E-state index in [0.717, 1.165) is 28.6 Å². The van der Waals surface area contributed by atoms with E-state index in [9.17, 15) is 9.90 Å². The van der Waals surface area contributed by atoms with Gasteiger partial charge in [-0.2, -0.15) is 0 Å². The lowest BCUT2D eigenvalue weighted by atomic mass is 9.65. The van der Waals surface area contributed by atoms with Gasteiger partial charge in [0.2, 0.25) is 0 Å². The van der Waals surface area contributed by atoms with Crippen molar-refractivity contribution in [1.82, 2.24) is 4.90 Å². The summed E-state index contributed by atoms with van der Waals surface area (Å²) in [6.45, 7) is 0.665. The van der Waals surface area contributed by atoms with Crippen LogP contribution >= 0.6 is 15.9 Å². The van der Waals surface area contributed by atoms with Crippen molar-refractivity contribution < 1.29 is 9.90 Å². The normalized spacial score (nSPS) is 22.9. The first kappa shape index (κ1) is 13.7. The fraction of sp³-hybridized carbons (Fsp3) is 0.438. The lowest BCUT2D eigenvalue weighted by molar-refractivity contribution is 0.0417. The van der Waals surface area contributed by atoms with Crippen molar-refractivity contribution in [2.75, 3.05) is 6.54 Å². The van der Waals surface area contributed by atoms with Gasteiger partial charge in [0.15, 0.2) is 0 Å². The molecule has 3 nitrogen and oxygen atoms in total. The van der Waals surface area contributed by atoms with E-state index in [-0.39, 0.29) is 5.41 Å². The molecule has 1 aromatic rings. The van der Waals surface area contributed by atoms with Crippen molar-refractivity contribution in [1.29, 1.82) is 0 Å². The molecule has 1 aliphatic carbocycles. The molecule has 106 valence electrons. The average molecular weight is 336 g/mol. The lowest BCUT2D eigenvalue weighted by Gasteiger charge is -2.53. The summed E-state index contributed by atoms with van der Waals surface area (Å²) in [5, 5.41) is 9.34. The second kappa shape index (κ2) is 5.24. The van der Waals surface area contributed by atoms with Crippen molar-refractivity contribution in [3.8, 4) is 0 Å². The number of hydrogen-bond acceptors (Lipinski definition) is 1. The van der Waals surface area contributed by atoms with Crippen LogP contribution in [0.15, 0.2) is 34.4 Å². The zero-order valence-corrected chi connectivity index (χ0v) is 12.9. The van der Waals surface area contributed by atoms with Crippen LogP contribution in [0, 0.1) is 5.41 Å². The molecule has 2 fully saturated rings. The van der Waals surface area contributed by atoms with Crippen LogP contribution < -0.4 is 0 Å². The first-order chi connectivity index (χ1) is 9.62. The van der Waals surface area contributed by atoms with E-state index in [1.54, 1.807) is 0 Å². The topological polar surface area (TPSA) is 40.5 Å². The predicted octanol–water partition coefficient (Wildman–Crippen LogP) is 4.73. The highest BCUT2D eigenvalue weighted by Crippen LogP contribution is 2.52. The van der Waals surface area contributed by atoms with E-state index in [0.29, 0.717) is 6.54 Å². The van der Waals surface area contributed by atoms with Crippen LogP contribution in [0.25, 0.3) is 6.08 Å². The number of carboxylic acid groups (broad SMARTS) is 1. The predicted molar refractivity (Wildman–Crippen MR) is 82.4 cm³/mol. The maximum atomic E-state index is 11.4. The first-order valence-electron chi connectivity index (χ1n) is 7.10. The smallest absolute Gasteiger partial charge is 0.411 e.